The molecule has 0 saturated carbocycles. The number of nitrogens with zero attached hydrogens (tertiary/aromatic N) is 1. The van der Waals surface area contributed by atoms with Crippen LogP contribution in [-0.2, 0) is 0 Å². The van der Waals surface area contributed by atoms with Gasteiger partial charge in [-0.1, -0.05) is 50.8 Å². The molecule has 78 valence electrons. The maximum Gasteiger partial charge on any atom is 0.0899 e. The molecule has 0 aliphatic rings. The second-order valence-corrected chi connectivity index (χ2v) is 3.67. The van der Waals surface area contributed by atoms with Gasteiger partial charge < -0.3 is 0 Å². The molecule has 0 aromatic carbocycles. The highest BCUT2D eigenvalue weighted by Crippen LogP contribution is 2.04. The zero-order chi connectivity index (χ0) is 11.0. The Morgan fingerprint density at radius 1 is 1.36 bits per heavy atom. The topological polar surface area (TPSA) is 3.24 Å². The Kier molecular flexibility index (Phi) is 6.88. The summed E-state index contributed by atoms with van der Waals surface area (Å²) in [4.78, 5) is 2.09. The largest absolute Gasteiger partial charge is 0.293 e. The number of hydrogen-bond donors (Lipinski definition) is 0. The molecular formula is C13H21N. The summed E-state index contributed by atoms with van der Waals surface area (Å²) in [6.07, 6.45) is 7.19. The highest BCUT2D eigenvalue weighted by atomic mass is 15.1. The molecular weight excluding hydrogens is 170 g/mol. The van der Waals surface area contributed by atoms with Gasteiger partial charge in [-0.2, -0.15) is 0 Å². The Bertz CT molecular complexity index is 240. The number of hydrogen-bond acceptors (Lipinski definition) is 1. The highest BCUT2D eigenvalue weighted by molar-refractivity contribution is 5.21. The molecule has 0 bridgehead atoms. The van der Waals surface area contributed by atoms with Gasteiger partial charge in [0.2, 0.25) is 0 Å². The van der Waals surface area contributed by atoms with Gasteiger partial charge in [-0.05, 0) is 26.1 Å². The van der Waals surface area contributed by atoms with Crippen molar-refractivity contribution in [2.75, 3.05) is 14.1 Å². The first-order valence-electron chi connectivity index (χ1n) is 5.08. The normalized spacial score (nSPS) is 14.9. The second-order valence-electron chi connectivity index (χ2n) is 3.67. The van der Waals surface area contributed by atoms with E-state index in [1.54, 1.807) is 6.08 Å². The Morgan fingerprint density at radius 2 is 2.00 bits per heavy atom. The van der Waals surface area contributed by atoms with Gasteiger partial charge in [0, 0.05) is 0 Å². The molecule has 0 saturated heterocycles. The predicted molar refractivity (Wildman–Crippen MR) is 64.0 cm³/mol. The van der Waals surface area contributed by atoms with E-state index in [2.05, 4.69) is 49.3 Å². The summed E-state index contributed by atoms with van der Waals surface area (Å²) < 4.78 is 0. The first-order valence-corrected chi connectivity index (χ1v) is 5.08. The van der Waals surface area contributed by atoms with Crippen molar-refractivity contribution in [2.24, 2.45) is 5.92 Å². The Balaban J connectivity index is 4.37. The number of allylic oxidation sites excluding steroid dienone is 2. The molecule has 0 N–H and O–H groups in total. The fourth-order valence-electron chi connectivity index (χ4n) is 0.925. The highest BCUT2D eigenvalue weighted by Gasteiger charge is 2.02. The van der Waals surface area contributed by atoms with Crippen molar-refractivity contribution in [3.05, 3.63) is 24.8 Å². The van der Waals surface area contributed by atoms with E-state index in [1.165, 1.54) is 6.42 Å². The summed E-state index contributed by atoms with van der Waals surface area (Å²) in [5, 5.41) is 0. The van der Waals surface area contributed by atoms with Gasteiger partial charge >= 0.3 is 0 Å². The third-order valence-electron chi connectivity index (χ3n) is 2.16. The fourth-order valence-corrected chi connectivity index (χ4v) is 0.925. The standard InChI is InChI=1S/C13H21N/c1-6-8-9-13(14(4)5)11-10-12(3)7-2/h6,10-13H,1,7H2,2-5H3/b11-10-/t12?,13-/m0/s1. The molecule has 0 aromatic heterocycles. The zero-order valence-electron chi connectivity index (χ0n) is 9.75. The smallest absolute Gasteiger partial charge is 0.0899 e. The SMILES string of the molecule is C=CC#C[C@@H](/C=C\C(C)CC)N(C)C. The lowest BCUT2D eigenvalue weighted by molar-refractivity contribution is 0.399. The molecule has 0 aliphatic carbocycles. The van der Waals surface area contributed by atoms with E-state index in [4.69, 9.17) is 0 Å². The minimum atomic E-state index is 0.196. The first-order chi connectivity index (χ1) is 6.61. The molecule has 0 aromatic rings. The van der Waals surface area contributed by atoms with Gasteiger partial charge in [0.25, 0.3) is 0 Å². The summed E-state index contributed by atoms with van der Waals surface area (Å²) in [6, 6.07) is 0.196. The minimum Gasteiger partial charge on any atom is -0.293 e. The molecule has 0 radical (unpaired) electrons. The lowest BCUT2D eigenvalue weighted by atomic mass is 10.1. The predicted octanol–water partition coefficient (Wildman–Crippen LogP) is 2.71. The van der Waals surface area contributed by atoms with E-state index in [0.717, 1.165) is 0 Å². The maximum absolute atomic E-state index is 3.59. The van der Waals surface area contributed by atoms with E-state index < -0.39 is 0 Å². The first kappa shape index (κ1) is 13.0. The van der Waals surface area contributed by atoms with Crippen molar-refractivity contribution in [1.29, 1.82) is 0 Å². The number of likely N-dealkylation sites (N-methyl/N-ethyl adjacent to an activating group) is 1. The van der Waals surface area contributed by atoms with Crippen molar-refractivity contribution in [1.82, 2.24) is 4.90 Å². The molecule has 2 atom stereocenters. The summed E-state index contributed by atoms with van der Waals surface area (Å²) in [5.41, 5.74) is 0. The summed E-state index contributed by atoms with van der Waals surface area (Å²) in [7, 11) is 4.06. The lowest BCUT2D eigenvalue weighted by Crippen LogP contribution is -2.24. The molecule has 0 heterocycles. The average molecular weight is 191 g/mol. The molecule has 0 fully saturated rings. The van der Waals surface area contributed by atoms with Crippen molar-refractivity contribution >= 4 is 0 Å². The maximum atomic E-state index is 3.59. The van der Waals surface area contributed by atoms with Crippen LogP contribution in [0.15, 0.2) is 24.8 Å². The van der Waals surface area contributed by atoms with Crippen LogP contribution < -0.4 is 0 Å². The quantitative estimate of drug-likeness (QED) is 0.488. The van der Waals surface area contributed by atoms with Crippen LogP contribution in [0.2, 0.25) is 0 Å². The van der Waals surface area contributed by atoms with Crippen LogP contribution in [-0.4, -0.2) is 25.0 Å². The average Bonchev–Trinajstić information content (AvgIpc) is 2.16. The molecule has 1 heteroatoms. The van der Waals surface area contributed by atoms with Crippen molar-refractivity contribution in [2.45, 2.75) is 26.3 Å². The zero-order valence-corrected chi connectivity index (χ0v) is 9.75. The van der Waals surface area contributed by atoms with Gasteiger partial charge in [-0.15, -0.1) is 0 Å². The summed E-state index contributed by atoms with van der Waals surface area (Å²) in [6.45, 7) is 7.99. The van der Waals surface area contributed by atoms with Crippen LogP contribution in [0.1, 0.15) is 20.3 Å². The lowest BCUT2D eigenvalue weighted by Gasteiger charge is -2.15. The van der Waals surface area contributed by atoms with E-state index in [0.29, 0.717) is 5.92 Å². The summed E-state index contributed by atoms with van der Waals surface area (Å²) >= 11 is 0. The molecule has 1 nitrogen and oxygen atoms in total. The molecule has 0 rings (SSSR count). The van der Waals surface area contributed by atoms with Gasteiger partial charge in [0.05, 0.1) is 6.04 Å². The van der Waals surface area contributed by atoms with Crippen molar-refractivity contribution in [3.63, 3.8) is 0 Å². The van der Waals surface area contributed by atoms with Crippen LogP contribution in [0.4, 0.5) is 0 Å². The van der Waals surface area contributed by atoms with E-state index in [1.807, 2.05) is 14.1 Å². The van der Waals surface area contributed by atoms with Crippen LogP contribution in [0, 0.1) is 17.8 Å². The monoisotopic (exact) mass is 191 g/mol. The van der Waals surface area contributed by atoms with E-state index in [-0.39, 0.29) is 6.04 Å². The summed E-state index contributed by atoms with van der Waals surface area (Å²) in [5.74, 6) is 6.64. The molecule has 14 heavy (non-hydrogen) atoms. The van der Waals surface area contributed by atoms with Gasteiger partial charge in [0.1, 0.15) is 0 Å². The Labute approximate surface area is 88.5 Å². The Hall–Kier alpha value is -1.00. The van der Waals surface area contributed by atoms with E-state index in [9.17, 15) is 0 Å². The Morgan fingerprint density at radius 3 is 2.43 bits per heavy atom. The van der Waals surface area contributed by atoms with Gasteiger partial charge in [-0.25, -0.2) is 0 Å². The fraction of sp³-hybridized carbons (Fsp3) is 0.538. The van der Waals surface area contributed by atoms with Crippen molar-refractivity contribution in [3.8, 4) is 11.8 Å². The second kappa shape index (κ2) is 7.41. The van der Waals surface area contributed by atoms with Crippen LogP contribution in [0.3, 0.4) is 0 Å². The molecule has 0 spiro atoms. The van der Waals surface area contributed by atoms with Crippen LogP contribution >= 0.6 is 0 Å². The number of rotatable bonds is 4. The van der Waals surface area contributed by atoms with Crippen molar-refractivity contribution < 1.29 is 0 Å². The van der Waals surface area contributed by atoms with E-state index >= 15 is 0 Å². The molecule has 1 unspecified atom stereocenters. The van der Waals surface area contributed by atoms with Gasteiger partial charge in [0.15, 0.2) is 0 Å². The minimum absolute atomic E-state index is 0.196. The third-order valence-corrected chi connectivity index (χ3v) is 2.16. The van der Waals surface area contributed by atoms with Gasteiger partial charge in [-0.3, -0.25) is 4.90 Å². The van der Waals surface area contributed by atoms with Crippen LogP contribution in [0.25, 0.3) is 0 Å². The third kappa shape index (κ3) is 5.61. The molecule has 0 aliphatic heterocycles. The molecule has 0 amide bonds. The van der Waals surface area contributed by atoms with Crippen LogP contribution in [0.5, 0.6) is 0 Å².